The number of ether oxygens (including phenoxy) is 1. The Labute approximate surface area is 167 Å². The van der Waals surface area contributed by atoms with Gasteiger partial charge in [0.05, 0.1) is 0 Å². The molecule has 0 fully saturated rings. The summed E-state index contributed by atoms with van der Waals surface area (Å²) in [5, 5.41) is 2.64. The van der Waals surface area contributed by atoms with Gasteiger partial charge in [0.2, 0.25) is 5.89 Å². The summed E-state index contributed by atoms with van der Waals surface area (Å²) in [6.07, 6.45) is -1.05. The molecule has 3 aromatic rings. The topological polar surface area (TPSA) is 98.5 Å². The third-order valence-corrected chi connectivity index (χ3v) is 4.22. The molecule has 0 bridgehead atoms. The van der Waals surface area contributed by atoms with Gasteiger partial charge in [-0.15, -0.1) is 0 Å². The second-order valence-electron chi connectivity index (χ2n) is 6.46. The highest BCUT2D eigenvalue weighted by Gasteiger charge is 2.24. The molecule has 7 heteroatoms. The molecule has 1 atom stereocenters. The second-order valence-corrected chi connectivity index (χ2v) is 6.46. The number of ketones is 1. The number of carbonyl (C=O) groups is 3. The number of oxazole rings is 1. The summed E-state index contributed by atoms with van der Waals surface area (Å²) in [4.78, 5) is 40.2. The molecule has 1 heterocycles. The van der Waals surface area contributed by atoms with Gasteiger partial charge in [0.1, 0.15) is 5.76 Å². The minimum Gasteiger partial charge on any atom is -0.448 e. The van der Waals surface area contributed by atoms with Gasteiger partial charge in [0.15, 0.2) is 17.6 Å². The predicted octanol–water partition coefficient (Wildman–Crippen LogP) is 4.04. The summed E-state index contributed by atoms with van der Waals surface area (Å²) in [6, 6.07) is 15.6. The molecule has 0 aliphatic rings. The highest BCUT2D eigenvalue weighted by molar-refractivity contribution is 5.98. The molecule has 0 aliphatic heterocycles. The molecular formula is C22H20N2O5. The van der Waals surface area contributed by atoms with Crippen LogP contribution in [0.25, 0.3) is 11.5 Å². The van der Waals surface area contributed by atoms with E-state index in [1.807, 2.05) is 30.3 Å². The minimum atomic E-state index is -1.05. The largest absolute Gasteiger partial charge is 0.448 e. The van der Waals surface area contributed by atoms with E-state index in [4.69, 9.17) is 9.15 Å². The Hall–Kier alpha value is -3.74. The van der Waals surface area contributed by atoms with Gasteiger partial charge in [-0.2, -0.15) is 0 Å². The van der Waals surface area contributed by atoms with Crippen molar-refractivity contribution in [3.05, 3.63) is 71.6 Å². The average molecular weight is 392 g/mol. The minimum absolute atomic E-state index is 0.0225. The molecule has 2 aromatic carbocycles. The zero-order chi connectivity index (χ0) is 21.0. The van der Waals surface area contributed by atoms with Crippen molar-refractivity contribution in [3.63, 3.8) is 0 Å². The van der Waals surface area contributed by atoms with E-state index in [0.29, 0.717) is 22.9 Å². The Morgan fingerprint density at radius 2 is 1.69 bits per heavy atom. The van der Waals surface area contributed by atoms with Gasteiger partial charge in [0.25, 0.3) is 5.91 Å². The van der Waals surface area contributed by atoms with Crippen molar-refractivity contribution in [2.45, 2.75) is 26.9 Å². The number of Topliss-reactive ketones (excluding diaryl/α,β-unsaturated/α-hetero) is 1. The van der Waals surface area contributed by atoms with Crippen LogP contribution in [0.3, 0.4) is 0 Å². The Kier molecular flexibility index (Phi) is 5.87. The van der Waals surface area contributed by atoms with Gasteiger partial charge in [-0.05, 0) is 57.2 Å². The Balaban J connectivity index is 1.65. The lowest BCUT2D eigenvalue weighted by molar-refractivity contribution is -0.123. The van der Waals surface area contributed by atoms with Crippen LogP contribution in [0, 0.1) is 6.92 Å². The van der Waals surface area contributed by atoms with E-state index in [0.717, 1.165) is 5.56 Å². The fourth-order valence-electron chi connectivity index (χ4n) is 2.59. The number of aromatic nitrogens is 1. The first-order valence-corrected chi connectivity index (χ1v) is 9.01. The highest BCUT2D eigenvalue weighted by atomic mass is 16.5. The first-order chi connectivity index (χ1) is 13.8. The van der Waals surface area contributed by atoms with Crippen molar-refractivity contribution in [1.29, 1.82) is 0 Å². The van der Waals surface area contributed by atoms with Crippen molar-refractivity contribution >= 4 is 23.3 Å². The Morgan fingerprint density at radius 3 is 2.31 bits per heavy atom. The summed E-state index contributed by atoms with van der Waals surface area (Å²) in [7, 11) is 0. The highest BCUT2D eigenvalue weighted by Crippen LogP contribution is 2.22. The summed E-state index contributed by atoms with van der Waals surface area (Å²) >= 11 is 0. The normalized spacial score (nSPS) is 11.6. The van der Waals surface area contributed by atoms with E-state index in [1.165, 1.54) is 13.8 Å². The van der Waals surface area contributed by atoms with Crippen LogP contribution >= 0.6 is 0 Å². The maximum atomic E-state index is 12.4. The molecule has 29 heavy (non-hydrogen) atoms. The van der Waals surface area contributed by atoms with Crippen LogP contribution < -0.4 is 5.32 Å². The van der Waals surface area contributed by atoms with E-state index in [-0.39, 0.29) is 11.5 Å². The van der Waals surface area contributed by atoms with E-state index in [1.54, 1.807) is 31.2 Å². The molecule has 3 rings (SSSR count). The molecule has 1 aromatic heterocycles. The van der Waals surface area contributed by atoms with Gasteiger partial charge in [-0.3, -0.25) is 9.59 Å². The lowest BCUT2D eigenvalue weighted by Crippen LogP contribution is -2.30. The number of nitrogens with one attached hydrogen (secondary N) is 1. The summed E-state index contributed by atoms with van der Waals surface area (Å²) in [5.74, 6) is -0.705. The molecule has 148 valence electrons. The van der Waals surface area contributed by atoms with Gasteiger partial charge in [-0.25, -0.2) is 9.78 Å². The number of anilines is 1. The first kappa shape index (κ1) is 20.0. The van der Waals surface area contributed by atoms with Crippen molar-refractivity contribution < 1.29 is 23.5 Å². The number of esters is 1. The van der Waals surface area contributed by atoms with Crippen molar-refractivity contribution in [2.75, 3.05) is 5.32 Å². The van der Waals surface area contributed by atoms with E-state index < -0.39 is 18.0 Å². The Bertz CT molecular complexity index is 1040. The van der Waals surface area contributed by atoms with Crippen LogP contribution in [-0.2, 0) is 9.53 Å². The molecule has 0 radical (unpaired) electrons. The van der Waals surface area contributed by atoms with E-state index in [9.17, 15) is 14.4 Å². The van der Waals surface area contributed by atoms with Crippen molar-refractivity contribution in [2.24, 2.45) is 0 Å². The second kappa shape index (κ2) is 8.52. The number of rotatable bonds is 6. The molecule has 7 nitrogen and oxygen atoms in total. The molecule has 0 saturated heterocycles. The molecular weight excluding hydrogens is 372 g/mol. The van der Waals surface area contributed by atoms with Crippen LogP contribution in [0.2, 0.25) is 0 Å². The van der Waals surface area contributed by atoms with Crippen LogP contribution in [0.15, 0.2) is 59.0 Å². The number of nitrogens with zero attached hydrogens (tertiary/aromatic N) is 1. The third-order valence-electron chi connectivity index (χ3n) is 4.22. The lowest BCUT2D eigenvalue weighted by Gasteiger charge is -2.13. The van der Waals surface area contributed by atoms with Crippen LogP contribution in [0.1, 0.15) is 40.5 Å². The molecule has 0 spiro atoms. The lowest BCUT2D eigenvalue weighted by atomic mass is 10.1. The predicted molar refractivity (Wildman–Crippen MR) is 107 cm³/mol. The van der Waals surface area contributed by atoms with E-state index in [2.05, 4.69) is 10.3 Å². The fraction of sp³-hybridized carbons (Fsp3) is 0.182. The number of carbonyl (C=O) groups excluding carboxylic acids is 3. The quantitative estimate of drug-likeness (QED) is 0.502. The number of hydrogen-bond acceptors (Lipinski definition) is 6. The number of amides is 1. The number of hydrogen-bond donors (Lipinski definition) is 1. The maximum absolute atomic E-state index is 12.4. The smallest absolute Gasteiger partial charge is 0.361 e. The zero-order valence-corrected chi connectivity index (χ0v) is 16.3. The summed E-state index contributed by atoms with van der Waals surface area (Å²) in [5.41, 5.74) is 1.79. The van der Waals surface area contributed by atoms with Gasteiger partial charge >= 0.3 is 5.97 Å². The van der Waals surface area contributed by atoms with Crippen LogP contribution in [0.5, 0.6) is 0 Å². The van der Waals surface area contributed by atoms with Gasteiger partial charge < -0.3 is 14.5 Å². The van der Waals surface area contributed by atoms with Gasteiger partial charge in [0, 0.05) is 16.8 Å². The van der Waals surface area contributed by atoms with Gasteiger partial charge in [-0.1, -0.05) is 18.2 Å². The van der Waals surface area contributed by atoms with Crippen LogP contribution in [-0.4, -0.2) is 28.7 Å². The molecule has 1 N–H and O–H groups in total. The SMILES string of the molecule is CC(=O)c1ccc(NC(=O)C(C)OC(=O)c2nc(-c3ccccc3)oc2C)cc1. The average Bonchev–Trinajstić information content (AvgIpc) is 3.11. The summed E-state index contributed by atoms with van der Waals surface area (Å²) in [6.45, 7) is 4.53. The third kappa shape index (κ3) is 4.76. The van der Waals surface area contributed by atoms with Crippen LogP contribution in [0.4, 0.5) is 5.69 Å². The maximum Gasteiger partial charge on any atom is 0.361 e. The monoisotopic (exact) mass is 392 g/mol. The van der Waals surface area contributed by atoms with E-state index >= 15 is 0 Å². The molecule has 1 amide bonds. The molecule has 1 unspecified atom stereocenters. The number of benzene rings is 2. The standard InChI is InChI=1S/C22H20N2O5/c1-13(25)16-9-11-18(12-10-16)23-20(26)15(3)29-22(27)19-14(2)28-21(24-19)17-7-5-4-6-8-17/h4-12,15H,1-3H3,(H,23,26). The molecule has 0 aliphatic carbocycles. The molecule has 0 saturated carbocycles. The Morgan fingerprint density at radius 1 is 1.03 bits per heavy atom. The first-order valence-electron chi connectivity index (χ1n) is 9.01. The number of aryl methyl sites for hydroxylation is 1. The zero-order valence-electron chi connectivity index (χ0n) is 16.3. The summed E-state index contributed by atoms with van der Waals surface area (Å²) < 4.78 is 10.8. The fourth-order valence-corrected chi connectivity index (χ4v) is 2.59. The van der Waals surface area contributed by atoms with Crippen molar-refractivity contribution in [3.8, 4) is 11.5 Å². The van der Waals surface area contributed by atoms with Crippen molar-refractivity contribution in [1.82, 2.24) is 4.98 Å².